The Morgan fingerprint density at radius 1 is 1.11 bits per heavy atom. The molecular weight excluding hydrogens is 396 g/mol. The van der Waals surface area contributed by atoms with Crippen molar-refractivity contribution in [2.75, 3.05) is 24.2 Å². The third kappa shape index (κ3) is 6.55. The van der Waals surface area contributed by atoms with Crippen LogP contribution < -0.4 is 10.6 Å². The van der Waals surface area contributed by atoms with Crippen LogP contribution in [0.4, 0.5) is 5.69 Å². The van der Waals surface area contributed by atoms with Crippen LogP contribution in [0, 0.1) is 0 Å². The molecule has 0 aromatic heterocycles. The fourth-order valence-electron chi connectivity index (χ4n) is 2.86. The number of anilines is 1. The molecule has 0 radical (unpaired) electrons. The van der Waals surface area contributed by atoms with Gasteiger partial charge in [0.2, 0.25) is 5.91 Å². The fourth-order valence-corrected chi connectivity index (χ4v) is 3.77. The first kappa shape index (κ1) is 20.7. The molecule has 7 heteroatoms. The largest absolute Gasteiger partial charge is 0.376 e. The third-order valence-electron chi connectivity index (χ3n) is 4.36. The number of halogens is 1. The second kappa shape index (κ2) is 10.5. The molecule has 3 rings (SSSR count). The molecule has 5 nitrogen and oxygen atoms in total. The Labute approximate surface area is 174 Å². The SMILES string of the molecule is O=C(CSCc1ccc(C(=O)NCC2CCCO2)cc1)Nc1ccc(Cl)cc1. The minimum atomic E-state index is -0.0861. The molecule has 1 aliphatic heterocycles. The van der Waals surface area contributed by atoms with Crippen LogP contribution in [0.25, 0.3) is 0 Å². The first-order chi connectivity index (χ1) is 13.6. The molecule has 1 fully saturated rings. The van der Waals surface area contributed by atoms with Gasteiger partial charge in [-0.3, -0.25) is 9.59 Å². The highest BCUT2D eigenvalue weighted by molar-refractivity contribution is 7.99. The number of hydrogen-bond donors (Lipinski definition) is 2. The normalized spacial score (nSPS) is 16.0. The number of carbonyl (C=O) groups is 2. The Morgan fingerprint density at radius 3 is 2.54 bits per heavy atom. The van der Waals surface area contributed by atoms with Gasteiger partial charge >= 0.3 is 0 Å². The van der Waals surface area contributed by atoms with E-state index in [4.69, 9.17) is 16.3 Å². The summed E-state index contributed by atoms with van der Waals surface area (Å²) >= 11 is 7.35. The molecule has 1 heterocycles. The summed E-state index contributed by atoms with van der Waals surface area (Å²) in [4.78, 5) is 24.2. The summed E-state index contributed by atoms with van der Waals surface area (Å²) in [5, 5.41) is 6.39. The number of hydrogen-bond acceptors (Lipinski definition) is 4. The molecule has 2 aromatic carbocycles. The highest BCUT2D eigenvalue weighted by Crippen LogP contribution is 2.16. The van der Waals surface area contributed by atoms with Crippen molar-refractivity contribution in [2.24, 2.45) is 0 Å². The van der Waals surface area contributed by atoms with Gasteiger partial charge in [-0.15, -0.1) is 11.8 Å². The zero-order valence-corrected chi connectivity index (χ0v) is 17.0. The number of thioether (sulfide) groups is 1. The summed E-state index contributed by atoms with van der Waals surface area (Å²) in [5.74, 6) is 0.910. The summed E-state index contributed by atoms with van der Waals surface area (Å²) in [5.41, 5.74) is 2.43. The molecule has 0 spiro atoms. The van der Waals surface area contributed by atoms with E-state index in [1.807, 2.05) is 24.3 Å². The molecule has 148 valence electrons. The monoisotopic (exact) mass is 418 g/mol. The standard InChI is InChI=1S/C21H23ClN2O3S/c22-17-7-9-18(10-8-17)24-20(25)14-28-13-15-3-5-16(6-4-15)21(26)23-12-19-2-1-11-27-19/h3-10,19H,1-2,11-14H2,(H,23,26)(H,24,25). The fraction of sp³-hybridized carbons (Fsp3) is 0.333. The van der Waals surface area contributed by atoms with Gasteiger partial charge in [-0.25, -0.2) is 0 Å². The van der Waals surface area contributed by atoms with Crippen molar-refractivity contribution in [3.63, 3.8) is 0 Å². The van der Waals surface area contributed by atoms with Crippen molar-refractivity contribution >= 4 is 40.9 Å². The van der Waals surface area contributed by atoms with Gasteiger partial charge in [-0.05, 0) is 54.8 Å². The van der Waals surface area contributed by atoms with E-state index >= 15 is 0 Å². The topological polar surface area (TPSA) is 67.4 Å². The molecule has 1 aliphatic rings. The van der Waals surface area contributed by atoms with Crippen LogP contribution in [-0.2, 0) is 15.3 Å². The lowest BCUT2D eigenvalue weighted by Gasteiger charge is -2.11. The molecule has 2 N–H and O–H groups in total. The minimum absolute atomic E-state index is 0.0579. The highest BCUT2D eigenvalue weighted by Gasteiger charge is 2.16. The van der Waals surface area contributed by atoms with E-state index < -0.39 is 0 Å². The van der Waals surface area contributed by atoms with Crippen molar-refractivity contribution in [1.29, 1.82) is 0 Å². The van der Waals surface area contributed by atoms with Crippen LogP contribution in [-0.4, -0.2) is 36.8 Å². The van der Waals surface area contributed by atoms with Crippen molar-refractivity contribution in [2.45, 2.75) is 24.7 Å². The molecule has 2 amide bonds. The number of ether oxygens (including phenoxy) is 1. The maximum absolute atomic E-state index is 12.2. The van der Waals surface area contributed by atoms with E-state index in [9.17, 15) is 9.59 Å². The van der Waals surface area contributed by atoms with E-state index in [-0.39, 0.29) is 17.9 Å². The number of rotatable bonds is 8. The zero-order valence-electron chi connectivity index (χ0n) is 15.4. The van der Waals surface area contributed by atoms with Gasteiger partial charge in [-0.2, -0.15) is 0 Å². The molecule has 1 unspecified atom stereocenters. The van der Waals surface area contributed by atoms with E-state index in [0.717, 1.165) is 30.7 Å². The van der Waals surface area contributed by atoms with Gasteiger partial charge in [-0.1, -0.05) is 23.7 Å². The second-order valence-corrected chi connectivity index (χ2v) is 8.01. The van der Waals surface area contributed by atoms with Crippen molar-refractivity contribution < 1.29 is 14.3 Å². The summed E-state index contributed by atoms with van der Waals surface area (Å²) in [6, 6.07) is 14.5. The molecule has 0 bridgehead atoms. The van der Waals surface area contributed by atoms with Crippen LogP contribution in [0.3, 0.4) is 0 Å². The summed E-state index contributed by atoms with van der Waals surface area (Å²) in [6.07, 6.45) is 2.20. The smallest absolute Gasteiger partial charge is 0.251 e. The Bertz CT molecular complexity index is 790. The molecule has 1 atom stereocenters. The van der Waals surface area contributed by atoms with Gasteiger partial charge in [0.25, 0.3) is 5.91 Å². The van der Waals surface area contributed by atoms with Crippen molar-refractivity contribution in [3.8, 4) is 0 Å². The van der Waals surface area contributed by atoms with Crippen LogP contribution >= 0.6 is 23.4 Å². The predicted octanol–water partition coefficient (Wildman–Crippen LogP) is 4.12. The maximum atomic E-state index is 12.2. The molecule has 0 saturated carbocycles. The van der Waals surface area contributed by atoms with Gasteiger partial charge in [0.05, 0.1) is 11.9 Å². The molecule has 28 heavy (non-hydrogen) atoms. The molecular formula is C21H23ClN2O3S. The average Bonchev–Trinajstić information content (AvgIpc) is 3.22. The van der Waals surface area contributed by atoms with E-state index in [1.54, 1.807) is 24.3 Å². The lowest BCUT2D eigenvalue weighted by molar-refractivity contribution is -0.113. The van der Waals surface area contributed by atoms with Crippen LogP contribution in [0.2, 0.25) is 5.02 Å². The highest BCUT2D eigenvalue weighted by atomic mass is 35.5. The van der Waals surface area contributed by atoms with E-state index in [2.05, 4.69) is 10.6 Å². The lowest BCUT2D eigenvalue weighted by Crippen LogP contribution is -2.31. The molecule has 0 aliphatic carbocycles. The van der Waals surface area contributed by atoms with Crippen LogP contribution in [0.1, 0.15) is 28.8 Å². The van der Waals surface area contributed by atoms with Crippen LogP contribution in [0.5, 0.6) is 0 Å². The van der Waals surface area contributed by atoms with Gasteiger partial charge in [0.15, 0.2) is 0 Å². The average molecular weight is 419 g/mol. The Balaban J connectivity index is 1.38. The Kier molecular flexibility index (Phi) is 7.77. The number of benzene rings is 2. The molecule has 1 saturated heterocycles. The number of carbonyl (C=O) groups excluding carboxylic acids is 2. The quantitative estimate of drug-likeness (QED) is 0.676. The van der Waals surface area contributed by atoms with Gasteiger partial charge in [0.1, 0.15) is 0 Å². The first-order valence-electron chi connectivity index (χ1n) is 9.22. The second-order valence-electron chi connectivity index (χ2n) is 6.59. The predicted molar refractivity (Wildman–Crippen MR) is 114 cm³/mol. The number of nitrogens with one attached hydrogen (secondary N) is 2. The van der Waals surface area contributed by atoms with E-state index in [1.165, 1.54) is 11.8 Å². The first-order valence-corrected chi connectivity index (χ1v) is 10.8. The Hall–Kier alpha value is -2.02. The maximum Gasteiger partial charge on any atom is 0.251 e. The number of amides is 2. The summed E-state index contributed by atoms with van der Waals surface area (Å²) < 4.78 is 5.51. The minimum Gasteiger partial charge on any atom is -0.376 e. The van der Waals surface area contributed by atoms with E-state index in [0.29, 0.717) is 28.6 Å². The van der Waals surface area contributed by atoms with Gasteiger partial charge in [0, 0.05) is 35.2 Å². The van der Waals surface area contributed by atoms with Crippen LogP contribution in [0.15, 0.2) is 48.5 Å². The molecule has 2 aromatic rings. The zero-order chi connectivity index (χ0) is 19.8. The summed E-state index contributed by atoms with van der Waals surface area (Å²) in [6.45, 7) is 1.34. The third-order valence-corrected chi connectivity index (χ3v) is 5.62. The van der Waals surface area contributed by atoms with Gasteiger partial charge < -0.3 is 15.4 Å². The van der Waals surface area contributed by atoms with Crippen molar-refractivity contribution in [1.82, 2.24) is 5.32 Å². The summed E-state index contributed by atoms with van der Waals surface area (Å²) in [7, 11) is 0. The lowest BCUT2D eigenvalue weighted by atomic mass is 10.1. The van der Waals surface area contributed by atoms with Crippen molar-refractivity contribution in [3.05, 3.63) is 64.7 Å². The Morgan fingerprint density at radius 2 is 1.86 bits per heavy atom.